The van der Waals surface area contributed by atoms with Gasteiger partial charge in [-0.2, -0.15) is 0 Å². The van der Waals surface area contributed by atoms with Gasteiger partial charge in [0.05, 0.1) is 26.7 Å². The van der Waals surface area contributed by atoms with E-state index in [9.17, 15) is 19.5 Å². The van der Waals surface area contributed by atoms with Crippen LogP contribution in [0.15, 0.2) is 54.6 Å². The minimum Gasteiger partial charge on any atom is -0.497 e. The quantitative estimate of drug-likeness (QED) is 0.450. The normalized spacial score (nSPS) is 12.2. The summed E-state index contributed by atoms with van der Waals surface area (Å²) >= 11 is 0. The topological polar surface area (TPSA) is 123 Å². The van der Waals surface area contributed by atoms with Crippen LogP contribution in [0.4, 0.5) is 4.79 Å². The van der Waals surface area contributed by atoms with Crippen molar-refractivity contribution >= 4 is 18.0 Å². The molecule has 0 bridgehead atoms. The monoisotopic (exact) mass is 444 g/mol. The highest BCUT2D eigenvalue weighted by atomic mass is 16.5. The SMILES string of the molecule is COC(=O)[C@@H](Cc1cccc(OC)c1)NC(=O)C[C@@H](O)CNC(=O)OCc1ccccc1. The lowest BCUT2D eigenvalue weighted by Gasteiger charge is -2.18. The highest BCUT2D eigenvalue weighted by Crippen LogP contribution is 2.14. The van der Waals surface area contributed by atoms with Crippen LogP contribution in [0.25, 0.3) is 0 Å². The van der Waals surface area contributed by atoms with Gasteiger partial charge >= 0.3 is 12.1 Å². The van der Waals surface area contributed by atoms with E-state index in [1.807, 2.05) is 30.3 Å². The van der Waals surface area contributed by atoms with Crippen LogP contribution in [0.3, 0.4) is 0 Å². The van der Waals surface area contributed by atoms with Gasteiger partial charge in [0.25, 0.3) is 0 Å². The maximum atomic E-state index is 12.3. The lowest BCUT2D eigenvalue weighted by Crippen LogP contribution is -2.45. The highest BCUT2D eigenvalue weighted by Gasteiger charge is 2.23. The number of benzene rings is 2. The van der Waals surface area contributed by atoms with E-state index in [-0.39, 0.29) is 26.0 Å². The van der Waals surface area contributed by atoms with E-state index in [0.717, 1.165) is 11.1 Å². The third-order valence-corrected chi connectivity index (χ3v) is 4.51. The summed E-state index contributed by atoms with van der Waals surface area (Å²) in [5, 5.41) is 15.0. The average molecular weight is 444 g/mol. The summed E-state index contributed by atoms with van der Waals surface area (Å²) in [6.07, 6.45) is -1.99. The predicted molar refractivity (Wildman–Crippen MR) is 116 cm³/mol. The molecule has 172 valence electrons. The first kappa shape index (κ1) is 24.7. The molecule has 0 heterocycles. The third kappa shape index (κ3) is 8.65. The van der Waals surface area contributed by atoms with Crippen molar-refractivity contribution in [1.82, 2.24) is 10.6 Å². The number of carbonyl (C=O) groups is 3. The Kier molecular flexibility index (Phi) is 9.99. The molecule has 3 N–H and O–H groups in total. The Morgan fingerprint density at radius 2 is 1.72 bits per heavy atom. The molecule has 0 unspecified atom stereocenters. The van der Waals surface area contributed by atoms with Crippen LogP contribution in [0.2, 0.25) is 0 Å². The van der Waals surface area contributed by atoms with E-state index in [1.165, 1.54) is 14.2 Å². The van der Waals surface area contributed by atoms with Crippen LogP contribution in [-0.2, 0) is 32.1 Å². The van der Waals surface area contributed by atoms with Gasteiger partial charge in [-0.15, -0.1) is 0 Å². The second-order valence-corrected chi connectivity index (χ2v) is 7.00. The number of aliphatic hydroxyl groups excluding tert-OH is 1. The van der Waals surface area contributed by atoms with Crippen LogP contribution in [0.1, 0.15) is 17.5 Å². The zero-order chi connectivity index (χ0) is 23.3. The second-order valence-electron chi connectivity index (χ2n) is 7.00. The molecule has 9 nitrogen and oxygen atoms in total. The molecule has 2 aromatic rings. The Morgan fingerprint density at radius 3 is 2.41 bits per heavy atom. The number of methoxy groups -OCH3 is 2. The van der Waals surface area contributed by atoms with Crippen molar-refractivity contribution in [2.45, 2.75) is 31.6 Å². The maximum Gasteiger partial charge on any atom is 0.407 e. The number of rotatable bonds is 11. The Morgan fingerprint density at radius 1 is 1.00 bits per heavy atom. The zero-order valence-electron chi connectivity index (χ0n) is 18.1. The van der Waals surface area contributed by atoms with Crippen LogP contribution < -0.4 is 15.4 Å². The fraction of sp³-hybridized carbons (Fsp3) is 0.348. The highest BCUT2D eigenvalue weighted by molar-refractivity contribution is 5.85. The number of carbonyl (C=O) groups excluding carboxylic acids is 3. The molecule has 2 aromatic carbocycles. The summed E-state index contributed by atoms with van der Waals surface area (Å²) in [7, 11) is 2.76. The summed E-state index contributed by atoms with van der Waals surface area (Å²) in [4.78, 5) is 36.1. The van der Waals surface area contributed by atoms with Crippen molar-refractivity contribution in [1.29, 1.82) is 0 Å². The van der Waals surface area contributed by atoms with Gasteiger partial charge in [0, 0.05) is 13.0 Å². The molecule has 0 aliphatic rings. The molecule has 0 aliphatic heterocycles. The Labute approximate surface area is 186 Å². The molecule has 9 heteroatoms. The van der Waals surface area contributed by atoms with Crippen molar-refractivity contribution in [3.63, 3.8) is 0 Å². The first-order valence-electron chi connectivity index (χ1n) is 10.0. The van der Waals surface area contributed by atoms with Gasteiger partial charge < -0.3 is 30.0 Å². The van der Waals surface area contributed by atoms with Gasteiger partial charge in [0.2, 0.25) is 5.91 Å². The van der Waals surface area contributed by atoms with Crippen LogP contribution >= 0.6 is 0 Å². The van der Waals surface area contributed by atoms with Crippen molar-refractivity contribution in [2.75, 3.05) is 20.8 Å². The second kappa shape index (κ2) is 13.0. The number of ether oxygens (including phenoxy) is 3. The number of hydrogen-bond acceptors (Lipinski definition) is 7. The van der Waals surface area contributed by atoms with E-state index in [1.54, 1.807) is 24.3 Å². The first-order valence-corrected chi connectivity index (χ1v) is 10.0. The minimum absolute atomic E-state index is 0.0916. The number of aliphatic hydroxyl groups is 1. The van der Waals surface area contributed by atoms with Crippen molar-refractivity contribution in [2.24, 2.45) is 0 Å². The van der Waals surface area contributed by atoms with E-state index in [2.05, 4.69) is 10.6 Å². The standard InChI is InChI=1S/C23H28N2O7/c1-30-19-10-6-9-17(11-19)12-20(22(28)31-2)25-21(27)13-18(26)14-24-23(29)32-15-16-7-4-3-5-8-16/h3-11,18,20,26H,12-15H2,1-2H3,(H,24,29)(H,25,27)/t18-,20-/m1/s1. The van der Waals surface area contributed by atoms with E-state index >= 15 is 0 Å². The number of nitrogens with one attached hydrogen (secondary N) is 2. The molecule has 0 aliphatic carbocycles. The molecular formula is C23H28N2O7. The van der Waals surface area contributed by atoms with Gasteiger partial charge in [-0.05, 0) is 23.3 Å². The smallest absolute Gasteiger partial charge is 0.407 e. The number of alkyl carbamates (subject to hydrolysis) is 1. The van der Waals surface area contributed by atoms with Crippen LogP contribution in [0.5, 0.6) is 5.75 Å². The fourth-order valence-electron chi connectivity index (χ4n) is 2.89. The third-order valence-electron chi connectivity index (χ3n) is 4.51. The summed E-state index contributed by atoms with van der Waals surface area (Å²) in [6.45, 7) is -0.0891. The summed E-state index contributed by atoms with van der Waals surface area (Å²) in [5.41, 5.74) is 1.59. The van der Waals surface area contributed by atoms with Crippen LogP contribution in [-0.4, -0.2) is 56.0 Å². The molecule has 0 radical (unpaired) electrons. The molecule has 0 fully saturated rings. The zero-order valence-corrected chi connectivity index (χ0v) is 18.1. The van der Waals surface area contributed by atoms with Gasteiger partial charge in [-0.25, -0.2) is 9.59 Å². The van der Waals surface area contributed by atoms with Gasteiger partial charge in [-0.1, -0.05) is 42.5 Å². The van der Waals surface area contributed by atoms with Crippen molar-refractivity contribution in [3.8, 4) is 5.75 Å². The molecule has 2 amide bonds. The lowest BCUT2D eigenvalue weighted by atomic mass is 10.1. The summed E-state index contributed by atoms with van der Waals surface area (Å²) in [6, 6.07) is 15.3. The summed E-state index contributed by atoms with van der Waals surface area (Å²) in [5.74, 6) is -0.549. The predicted octanol–water partition coefficient (Wildman–Crippen LogP) is 1.57. The number of hydrogen-bond donors (Lipinski definition) is 3. The van der Waals surface area contributed by atoms with Crippen LogP contribution in [0, 0.1) is 0 Å². The van der Waals surface area contributed by atoms with Gasteiger partial charge in [0.15, 0.2) is 0 Å². The van der Waals surface area contributed by atoms with Crippen molar-refractivity contribution < 1.29 is 33.7 Å². The largest absolute Gasteiger partial charge is 0.497 e. The lowest BCUT2D eigenvalue weighted by molar-refractivity contribution is -0.145. The first-order chi connectivity index (χ1) is 15.4. The molecular weight excluding hydrogens is 416 g/mol. The maximum absolute atomic E-state index is 12.3. The number of esters is 1. The molecule has 32 heavy (non-hydrogen) atoms. The van der Waals surface area contributed by atoms with Gasteiger partial charge in [0.1, 0.15) is 18.4 Å². The average Bonchev–Trinajstić information content (AvgIpc) is 2.81. The summed E-state index contributed by atoms with van der Waals surface area (Å²) < 4.78 is 15.0. The van der Waals surface area contributed by atoms with Crippen molar-refractivity contribution in [3.05, 3.63) is 65.7 Å². The van der Waals surface area contributed by atoms with E-state index in [0.29, 0.717) is 5.75 Å². The molecule has 0 spiro atoms. The Hall–Kier alpha value is -3.59. The Balaban J connectivity index is 1.79. The Bertz CT molecular complexity index is 889. The van der Waals surface area contributed by atoms with Gasteiger partial charge in [-0.3, -0.25) is 4.79 Å². The minimum atomic E-state index is -1.16. The molecule has 2 atom stereocenters. The molecule has 0 saturated heterocycles. The fourth-order valence-corrected chi connectivity index (χ4v) is 2.89. The molecule has 0 aromatic heterocycles. The van der Waals surface area contributed by atoms with E-state index in [4.69, 9.17) is 14.2 Å². The molecule has 0 saturated carbocycles. The number of amides is 2. The molecule has 2 rings (SSSR count). The van der Waals surface area contributed by atoms with E-state index < -0.39 is 30.1 Å².